The molecule has 19 heavy (non-hydrogen) atoms. The van der Waals surface area contributed by atoms with E-state index in [1.54, 1.807) is 0 Å². The van der Waals surface area contributed by atoms with E-state index in [1.807, 2.05) is 0 Å². The summed E-state index contributed by atoms with van der Waals surface area (Å²) in [6.07, 6.45) is 2.44. The van der Waals surface area contributed by atoms with Gasteiger partial charge in [0.05, 0.1) is 0 Å². The fourth-order valence-corrected chi connectivity index (χ4v) is 3.65. The SMILES string of the molecule is CCCNC(c1ccccc1)C(SCCC)C(C)C. The standard InChI is InChI=1S/C17H29NS/c1-5-12-18-16(15-10-8-7-9-11-15)17(14(3)4)19-13-6-2/h7-11,14,16-18H,5-6,12-13H2,1-4H3. The van der Waals surface area contributed by atoms with Crippen molar-refractivity contribution in [3.05, 3.63) is 35.9 Å². The van der Waals surface area contributed by atoms with Gasteiger partial charge in [0.1, 0.15) is 0 Å². The minimum absolute atomic E-state index is 0.470. The highest BCUT2D eigenvalue weighted by molar-refractivity contribution is 7.99. The highest BCUT2D eigenvalue weighted by Gasteiger charge is 2.25. The number of hydrogen-bond acceptors (Lipinski definition) is 2. The van der Waals surface area contributed by atoms with Crippen LogP contribution in [-0.4, -0.2) is 17.5 Å². The second-order valence-electron chi connectivity index (χ2n) is 5.42. The topological polar surface area (TPSA) is 12.0 Å². The van der Waals surface area contributed by atoms with Crippen molar-refractivity contribution < 1.29 is 0 Å². The van der Waals surface area contributed by atoms with Gasteiger partial charge in [-0.05, 0) is 36.6 Å². The van der Waals surface area contributed by atoms with Crippen LogP contribution in [0.2, 0.25) is 0 Å². The molecule has 0 heterocycles. The predicted octanol–water partition coefficient (Wildman–Crippen LogP) is 4.90. The highest BCUT2D eigenvalue weighted by atomic mass is 32.2. The molecule has 1 rings (SSSR count). The first-order chi connectivity index (χ1) is 9.20. The second-order valence-corrected chi connectivity index (χ2v) is 6.71. The number of nitrogens with one attached hydrogen (secondary N) is 1. The molecule has 2 heteroatoms. The van der Waals surface area contributed by atoms with E-state index in [-0.39, 0.29) is 0 Å². The van der Waals surface area contributed by atoms with Gasteiger partial charge in [-0.2, -0.15) is 11.8 Å². The number of hydrogen-bond donors (Lipinski definition) is 1. The maximum Gasteiger partial charge on any atom is 0.0443 e. The fourth-order valence-electron chi connectivity index (χ4n) is 2.31. The van der Waals surface area contributed by atoms with Crippen molar-refractivity contribution in [1.82, 2.24) is 5.32 Å². The third-order valence-corrected chi connectivity index (χ3v) is 5.12. The van der Waals surface area contributed by atoms with Gasteiger partial charge in [0.25, 0.3) is 0 Å². The van der Waals surface area contributed by atoms with Crippen LogP contribution >= 0.6 is 11.8 Å². The molecule has 0 aliphatic rings. The van der Waals surface area contributed by atoms with Crippen LogP contribution in [0.4, 0.5) is 0 Å². The molecule has 0 aliphatic heterocycles. The van der Waals surface area contributed by atoms with Gasteiger partial charge in [0, 0.05) is 11.3 Å². The van der Waals surface area contributed by atoms with Crippen LogP contribution in [0, 0.1) is 5.92 Å². The Morgan fingerprint density at radius 3 is 2.26 bits per heavy atom. The minimum Gasteiger partial charge on any atom is -0.309 e. The lowest BCUT2D eigenvalue weighted by Gasteiger charge is -2.31. The van der Waals surface area contributed by atoms with Crippen LogP contribution in [0.1, 0.15) is 52.1 Å². The summed E-state index contributed by atoms with van der Waals surface area (Å²) in [5.74, 6) is 1.94. The molecule has 2 atom stereocenters. The molecular weight excluding hydrogens is 250 g/mol. The van der Waals surface area contributed by atoms with E-state index in [1.165, 1.54) is 24.2 Å². The Bertz CT molecular complexity index is 323. The van der Waals surface area contributed by atoms with E-state index in [0.29, 0.717) is 17.2 Å². The van der Waals surface area contributed by atoms with Gasteiger partial charge in [-0.1, -0.05) is 58.0 Å². The zero-order valence-electron chi connectivity index (χ0n) is 12.9. The van der Waals surface area contributed by atoms with Gasteiger partial charge < -0.3 is 5.32 Å². The Kier molecular flexibility index (Phi) is 8.24. The lowest BCUT2D eigenvalue weighted by atomic mass is 9.96. The van der Waals surface area contributed by atoms with E-state index in [9.17, 15) is 0 Å². The molecule has 0 aliphatic carbocycles. The molecule has 1 aromatic carbocycles. The Labute approximate surface area is 123 Å². The van der Waals surface area contributed by atoms with Crippen molar-refractivity contribution >= 4 is 11.8 Å². The average molecular weight is 279 g/mol. The number of benzene rings is 1. The van der Waals surface area contributed by atoms with Gasteiger partial charge >= 0.3 is 0 Å². The summed E-state index contributed by atoms with van der Waals surface area (Å²) in [5.41, 5.74) is 1.43. The van der Waals surface area contributed by atoms with Crippen LogP contribution in [-0.2, 0) is 0 Å². The van der Waals surface area contributed by atoms with E-state index >= 15 is 0 Å². The van der Waals surface area contributed by atoms with E-state index < -0.39 is 0 Å². The fraction of sp³-hybridized carbons (Fsp3) is 0.647. The lowest BCUT2D eigenvalue weighted by molar-refractivity contribution is 0.444. The Morgan fingerprint density at radius 1 is 1.05 bits per heavy atom. The normalized spacial score (nSPS) is 14.6. The molecule has 0 amide bonds. The van der Waals surface area contributed by atoms with E-state index in [0.717, 1.165) is 6.54 Å². The van der Waals surface area contributed by atoms with Crippen molar-refractivity contribution in [2.24, 2.45) is 5.92 Å². The summed E-state index contributed by atoms with van der Waals surface area (Å²) in [7, 11) is 0. The Morgan fingerprint density at radius 2 is 1.74 bits per heavy atom. The largest absolute Gasteiger partial charge is 0.309 e. The number of thioether (sulfide) groups is 1. The quantitative estimate of drug-likeness (QED) is 0.690. The molecule has 2 unspecified atom stereocenters. The first-order valence-electron chi connectivity index (χ1n) is 7.60. The summed E-state index contributed by atoms with van der Waals surface area (Å²) >= 11 is 2.12. The van der Waals surface area contributed by atoms with Crippen LogP contribution in [0.15, 0.2) is 30.3 Å². The highest BCUT2D eigenvalue weighted by Crippen LogP contribution is 2.32. The molecular formula is C17H29NS. The van der Waals surface area contributed by atoms with Gasteiger partial charge in [-0.15, -0.1) is 0 Å². The van der Waals surface area contributed by atoms with Crippen LogP contribution in [0.25, 0.3) is 0 Å². The third kappa shape index (κ3) is 5.58. The van der Waals surface area contributed by atoms with Gasteiger partial charge in [-0.3, -0.25) is 0 Å². The Balaban J connectivity index is 2.86. The van der Waals surface area contributed by atoms with Crippen molar-refractivity contribution in [3.63, 3.8) is 0 Å². The first kappa shape index (κ1) is 16.6. The molecule has 0 bridgehead atoms. The van der Waals surface area contributed by atoms with Crippen LogP contribution in [0.3, 0.4) is 0 Å². The molecule has 0 aromatic heterocycles. The second kappa shape index (κ2) is 9.44. The molecule has 0 spiro atoms. The summed E-state index contributed by atoms with van der Waals surface area (Å²) in [6.45, 7) is 10.3. The molecule has 0 radical (unpaired) electrons. The van der Waals surface area contributed by atoms with Crippen molar-refractivity contribution in [2.75, 3.05) is 12.3 Å². The van der Waals surface area contributed by atoms with Crippen molar-refractivity contribution in [1.29, 1.82) is 0 Å². The minimum atomic E-state index is 0.470. The average Bonchev–Trinajstić information content (AvgIpc) is 2.43. The van der Waals surface area contributed by atoms with Crippen molar-refractivity contribution in [2.45, 2.75) is 51.8 Å². The molecule has 1 N–H and O–H groups in total. The van der Waals surface area contributed by atoms with E-state index in [4.69, 9.17) is 0 Å². The summed E-state index contributed by atoms with van der Waals surface area (Å²) < 4.78 is 0. The molecule has 1 aromatic rings. The molecule has 0 saturated carbocycles. The molecule has 1 nitrogen and oxygen atoms in total. The zero-order chi connectivity index (χ0) is 14.1. The van der Waals surface area contributed by atoms with Crippen LogP contribution < -0.4 is 5.32 Å². The maximum atomic E-state index is 3.76. The van der Waals surface area contributed by atoms with Gasteiger partial charge in [-0.25, -0.2) is 0 Å². The monoisotopic (exact) mass is 279 g/mol. The first-order valence-corrected chi connectivity index (χ1v) is 8.65. The van der Waals surface area contributed by atoms with Gasteiger partial charge in [0.2, 0.25) is 0 Å². The molecule has 108 valence electrons. The Hall–Kier alpha value is -0.470. The molecule has 0 saturated heterocycles. The van der Waals surface area contributed by atoms with Crippen LogP contribution in [0.5, 0.6) is 0 Å². The summed E-state index contributed by atoms with van der Waals surface area (Å²) in [5, 5.41) is 4.40. The maximum absolute atomic E-state index is 3.76. The van der Waals surface area contributed by atoms with Crippen molar-refractivity contribution in [3.8, 4) is 0 Å². The third-order valence-electron chi connectivity index (χ3n) is 3.27. The van der Waals surface area contributed by atoms with Gasteiger partial charge in [0.15, 0.2) is 0 Å². The predicted molar refractivity (Wildman–Crippen MR) is 88.9 cm³/mol. The number of rotatable bonds is 9. The summed E-state index contributed by atoms with van der Waals surface area (Å²) in [4.78, 5) is 0. The van der Waals surface area contributed by atoms with E-state index in [2.05, 4.69) is 75.1 Å². The zero-order valence-corrected chi connectivity index (χ0v) is 13.7. The molecule has 0 fully saturated rings. The summed E-state index contributed by atoms with van der Waals surface area (Å²) in [6, 6.07) is 11.4. The lowest BCUT2D eigenvalue weighted by Crippen LogP contribution is -2.34. The smallest absolute Gasteiger partial charge is 0.0443 e.